The maximum absolute atomic E-state index is 13.0. The predicted molar refractivity (Wildman–Crippen MR) is 96.0 cm³/mol. The Morgan fingerprint density at radius 2 is 1.88 bits per heavy atom. The van der Waals surface area contributed by atoms with Crippen molar-refractivity contribution < 1.29 is 22.3 Å². The molecule has 138 valence electrons. The molecule has 1 aliphatic heterocycles. The molecule has 0 aliphatic carbocycles. The average Bonchev–Trinajstić information content (AvgIpc) is 2.60. The van der Waals surface area contributed by atoms with Crippen molar-refractivity contribution in [2.45, 2.75) is 19.1 Å². The number of rotatable bonds is 4. The van der Waals surface area contributed by atoms with Crippen molar-refractivity contribution >= 4 is 21.6 Å². The summed E-state index contributed by atoms with van der Waals surface area (Å²) in [4.78, 5) is 12.6. The number of sulfonamides is 1. The highest BCUT2D eigenvalue weighted by atomic mass is 32.2. The number of hydrogen-bond acceptors (Lipinski definition) is 4. The van der Waals surface area contributed by atoms with Gasteiger partial charge in [-0.25, -0.2) is 12.8 Å². The largest absolute Gasteiger partial charge is 0.476 e. The van der Waals surface area contributed by atoms with Gasteiger partial charge in [-0.1, -0.05) is 24.3 Å². The lowest BCUT2D eigenvalue weighted by atomic mass is 10.1. The third kappa shape index (κ3) is 3.80. The van der Waals surface area contributed by atoms with E-state index in [0.717, 1.165) is 11.8 Å². The summed E-state index contributed by atoms with van der Waals surface area (Å²) in [5.41, 5.74) is 1.14. The Morgan fingerprint density at radius 1 is 1.23 bits per heavy atom. The number of nitrogens with zero attached hydrogens (tertiary/aromatic N) is 1. The van der Waals surface area contributed by atoms with Crippen LogP contribution >= 0.6 is 0 Å². The van der Waals surface area contributed by atoms with E-state index in [1.165, 1.54) is 16.4 Å². The number of ether oxygens (including phenoxy) is 1. The van der Waals surface area contributed by atoms with Crippen molar-refractivity contribution in [3.05, 3.63) is 59.9 Å². The van der Waals surface area contributed by atoms with E-state index in [4.69, 9.17) is 4.74 Å². The molecule has 8 heteroatoms. The molecule has 0 fully saturated rings. The zero-order chi connectivity index (χ0) is 18.9. The Balaban J connectivity index is 1.79. The minimum atomic E-state index is -3.56. The summed E-state index contributed by atoms with van der Waals surface area (Å²) in [5.74, 6) is -0.466. The molecule has 0 spiro atoms. The topological polar surface area (TPSA) is 75.7 Å². The van der Waals surface area contributed by atoms with Crippen LogP contribution in [-0.2, 0) is 14.8 Å². The van der Waals surface area contributed by atoms with Gasteiger partial charge in [-0.05, 0) is 36.8 Å². The van der Waals surface area contributed by atoms with Crippen molar-refractivity contribution in [2.75, 3.05) is 17.1 Å². The van der Waals surface area contributed by atoms with Crippen LogP contribution in [0.4, 0.5) is 10.1 Å². The number of para-hydroxylation sites is 2. The van der Waals surface area contributed by atoms with Crippen LogP contribution < -0.4 is 14.4 Å². The molecule has 1 amide bonds. The van der Waals surface area contributed by atoms with Crippen LogP contribution in [0.15, 0.2) is 48.5 Å². The van der Waals surface area contributed by atoms with Crippen molar-refractivity contribution in [1.82, 2.24) is 5.32 Å². The molecule has 1 heterocycles. The van der Waals surface area contributed by atoms with Crippen molar-refractivity contribution in [3.8, 4) is 5.75 Å². The first-order valence-electron chi connectivity index (χ1n) is 8.05. The summed E-state index contributed by atoms with van der Waals surface area (Å²) in [7, 11) is -3.56. The van der Waals surface area contributed by atoms with Gasteiger partial charge < -0.3 is 10.1 Å². The number of halogens is 1. The fourth-order valence-corrected chi connectivity index (χ4v) is 3.71. The van der Waals surface area contributed by atoms with E-state index in [-0.39, 0.29) is 18.4 Å². The first-order chi connectivity index (χ1) is 12.3. The molecule has 26 heavy (non-hydrogen) atoms. The normalized spacial score (nSPS) is 17.8. The molecular formula is C18H19FN2O4S. The molecule has 6 nitrogen and oxygen atoms in total. The minimum absolute atomic E-state index is 0.113. The van der Waals surface area contributed by atoms with E-state index < -0.39 is 22.0 Å². The molecule has 0 bridgehead atoms. The van der Waals surface area contributed by atoms with Crippen molar-refractivity contribution in [3.63, 3.8) is 0 Å². The highest BCUT2D eigenvalue weighted by Gasteiger charge is 2.35. The number of fused-ring (bicyclic) bond motifs is 1. The third-order valence-electron chi connectivity index (χ3n) is 4.16. The van der Waals surface area contributed by atoms with Crippen LogP contribution in [0, 0.1) is 5.82 Å². The van der Waals surface area contributed by atoms with Crippen LogP contribution in [0.3, 0.4) is 0 Å². The Hall–Kier alpha value is -2.61. The number of hydrogen-bond donors (Lipinski definition) is 1. The number of carbonyl (C=O) groups excluding carboxylic acids is 1. The average molecular weight is 378 g/mol. The molecule has 0 aromatic heterocycles. The number of benzene rings is 2. The summed E-state index contributed by atoms with van der Waals surface area (Å²) >= 11 is 0. The van der Waals surface area contributed by atoms with Gasteiger partial charge in [-0.3, -0.25) is 9.10 Å². The van der Waals surface area contributed by atoms with Crippen LogP contribution in [0.2, 0.25) is 0 Å². The van der Waals surface area contributed by atoms with Crippen LogP contribution in [-0.4, -0.2) is 33.2 Å². The molecule has 0 saturated carbocycles. The van der Waals surface area contributed by atoms with E-state index in [1.54, 1.807) is 43.3 Å². The van der Waals surface area contributed by atoms with Gasteiger partial charge in [-0.2, -0.15) is 0 Å². The van der Waals surface area contributed by atoms with E-state index in [2.05, 4.69) is 5.32 Å². The lowest BCUT2D eigenvalue weighted by Crippen LogP contribution is -2.50. The molecule has 1 N–H and O–H groups in total. The molecule has 2 aromatic rings. The summed E-state index contributed by atoms with van der Waals surface area (Å²) in [5, 5.41) is 2.78. The van der Waals surface area contributed by atoms with E-state index in [0.29, 0.717) is 11.4 Å². The monoisotopic (exact) mass is 378 g/mol. The van der Waals surface area contributed by atoms with Crippen LogP contribution in [0.1, 0.15) is 18.5 Å². The lowest BCUT2D eigenvalue weighted by Gasteiger charge is -2.34. The van der Waals surface area contributed by atoms with Gasteiger partial charge >= 0.3 is 0 Å². The standard InChI is InChI=1S/C18H19FN2O4S/c1-12(13-7-9-14(19)10-8-13)20-18(22)17-11-21(26(2,23)24)15-5-3-4-6-16(15)25-17/h3-10,12,17H,11H2,1-2H3,(H,20,22)/t12-,17-/m0/s1. The number of carbonyl (C=O) groups is 1. The summed E-state index contributed by atoms with van der Waals surface area (Å²) in [6, 6.07) is 12.1. The fraction of sp³-hybridized carbons (Fsp3) is 0.278. The SMILES string of the molecule is C[C@H](NC(=O)[C@@H]1CN(S(C)(=O)=O)c2ccccc2O1)c1ccc(F)cc1. The fourth-order valence-electron chi connectivity index (χ4n) is 2.79. The van der Waals surface area contributed by atoms with Gasteiger partial charge in [0.05, 0.1) is 24.5 Å². The summed E-state index contributed by atoms with van der Waals surface area (Å²) in [6.07, 6.45) is 0.105. The quantitative estimate of drug-likeness (QED) is 0.885. The Labute approximate surface area is 151 Å². The van der Waals surface area contributed by atoms with E-state index >= 15 is 0 Å². The maximum Gasteiger partial charge on any atom is 0.263 e. The van der Waals surface area contributed by atoms with E-state index in [1.807, 2.05) is 0 Å². The second kappa shape index (κ2) is 6.95. The zero-order valence-corrected chi connectivity index (χ0v) is 15.2. The van der Waals surface area contributed by atoms with Crippen LogP contribution in [0.5, 0.6) is 5.75 Å². The first kappa shape index (κ1) is 18.2. The van der Waals surface area contributed by atoms with Gasteiger partial charge in [0, 0.05) is 0 Å². The number of nitrogens with one attached hydrogen (secondary N) is 1. The molecule has 0 saturated heterocycles. The second-order valence-electron chi connectivity index (χ2n) is 6.15. The molecule has 0 unspecified atom stereocenters. The van der Waals surface area contributed by atoms with Gasteiger partial charge in [0.1, 0.15) is 11.6 Å². The molecule has 0 radical (unpaired) electrons. The van der Waals surface area contributed by atoms with E-state index in [9.17, 15) is 17.6 Å². The Kier molecular flexibility index (Phi) is 4.86. The molecule has 2 aromatic carbocycles. The van der Waals surface area contributed by atoms with Gasteiger partial charge in [0.25, 0.3) is 5.91 Å². The molecule has 3 rings (SSSR count). The van der Waals surface area contributed by atoms with Gasteiger partial charge in [0.15, 0.2) is 6.10 Å². The smallest absolute Gasteiger partial charge is 0.263 e. The molecular weight excluding hydrogens is 359 g/mol. The maximum atomic E-state index is 13.0. The highest BCUT2D eigenvalue weighted by Crippen LogP contribution is 2.34. The van der Waals surface area contributed by atoms with Gasteiger partial charge in [0.2, 0.25) is 10.0 Å². The number of amides is 1. The van der Waals surface area contributed by atoms with Crippen LogP contribution in [0.25, 0.3) is 0 Å². The Bertz CT molecular complexity index is 915. The predicted octanol–water partition coefficient (Wildman–Crippen LogP) is 2.23. The minimum Gasteiger partial charge on any atom is -0.476 e. The summed E-state index contributed by atoms with van der Waals surface area (Å²) in [6.45, 7) is 1.65. The van der Waals surface area contributed by atoms with Crippen molar-refractivity contribution in [1.29, 1.82) is 0 Å². The summed E-state index contributed by atoms with van der Waals surface area (Å²) < 4.78 is 44.1. The van der Waals surface area contributed by atoms with Crippen molar-refractivity contribution in [2.24, 2.45) is 0 Å². The molecule has 1 aliphatic rings. The third-order valence-corrected chi connectivity index (χ3v) is 5.30. The lowest BCUT2D eigenvalue weighted by molar-refractivity contribution is -0.128. The number of anilines is 1. The highest BCUT2D eigenvalue weighted by molar-refractivity contribution is 7.92. The van der Waals surface area contributed by atoms with Gasteiger partial charge in [-0.15, -0.1) is 0 Å². The Morgan fingerprint density at radius 3 is 2.54 bits per heavy atom. The molecule has 2 atom stereocenters. The zero-order valence-electron chi connectivity index (χ0n) is 14.3. The second-order valence-corrected chi connectivity index (χ2v) is 8.06. The first-order valence-corrected chi connectivity index (χ1v) is 9.90.